The molecule has 1 saturated heterocycles. The summed E-state index contributed by atoms with van der Waals surface area (Å²) in [5.41, 5.74) is 1.76. The van der Waals surface area contributed by atoms with E-state index in [1.165, 1.54) is 0 Å². The number of nitrogens with one attached hydrogen (secondary N) is 1. The highest BCUT2D eigenvalue weighted by molar-refractivity contribution is 9.10. The highest BCUT2D eigenvalue weighted by Gasteiger charge is 2.41. The minimum atomic E-state index is -0.506. The molecule has 5 heteroatoms. The van der Waals surface area contributed by atoms with E-state index in [2.05, 4.69) is 21.2 Å². The predicted molar refractivity (Wildman–Crippen MR) is 65.8 cm³/mol. The summed E-state index contributed by atoms with van der Waals surface area (Å²) < 4.78 is 5.09. The third kappa shape index (κ3) is 2.25. The number of methoxy groups -OCH3 is 1. The van der Waals surface area contributed by atoms with E-state index in [1.54, 1.807) is 7.11 Å². The molecule has 0 bridgehead atoms. The molecule has 4 nitrogen and oxygen atoms in total. The van der Waals surface area contributed by atoms with Gasteiger partial charge in [-0.05, 0) is 11.1 Å². The summed E-state index contributed by atoms with van der Waals surface area (Å²) in [6.07, 6.45) is 0. The average molecular weight is 298 g/mol. The molecule has 17 heavy (non-hydrogen) atoms. The molecule has 1 aliphatic heterocycles. The first kappa shape index (κ1) is 12.3. The number of hydrogen-bond acceptors (Lipinski definition) is 3. The Balaban J connectivity index is 2.39. The van der Waals surface area contributed by atoms with Crippen LogP contribution in [0, 0.1) is 0 Å². The Hall–Kier alpha value is -1.20. The van der Waals surface area contributed by atoms with Crippen LogP contribution in [0.25, 0.3) is 0 Å². The smallest absolute Gasteiger partial charge is 0.241 e. The number of carbonyl (C=O) groups is 2. The molecule has 90 valence electrons. The second-order valence-corrected chi connectivity index (χ2v) is 4.85. The monoisotopic (exact) mass is 297 g/mol. The van der Waals surface area contributed by atoms with Crippen LogP contribution in [0.5, 0.6) is 0 Å². The number of carbonyl (C=O) groups excluding carboxylic acids is 2. The van der Waals surface area contributed by atoms with E-state index in [0.29, 0.717) is 6.61 Å². The average Bonchev–Trinajstić information content (AvgIpc) is 2.55. The lowest BCUT2D eigenvalue weighted by atomic mass is 9.93. The second-order valence-electron chi connectivity index (χ2n) is 3.86. The molecule has 2 rings (SSSR count). The van der Waals surface area contributed by atoms with Gasteiger partial charge in [0.1, 0.15) is 4.83 Å². The lowest BCUT2D eigenvalue weighted by Crippen LogP contribution is -2.22. The van der Waals surface area contributed by atoms with E-state index < -0.39 is 10.7 Å². The number of imide groups is 1. The molecule has 1 aliphatic rings. The van der Waals surface area contributed by atoms with Crippen LogP contribution in [0.3, 0.4) is 0 Å². The maximum absolute atomic E-state index is 11.7. The van der Waals surface area contributed by atoms with Gasteiger partial charge in [0.15, 0.2) is 0 Å². The lowest BCUT2D eigenvalue weighted by Gasteiger charge is -2.14. The molecule has 0 aromatic heterocycles. The van der Waals surface area contributed by atoms with Gasteiger partial charge in [-0.2, -0.15) is 0 Å². The van der Waals surface area contributed by atoms with Crippen LogP contribution in [0.4, 0.5) is 0 Å². The summed E-state index contributed by atoms with van der Waals surface area (Å²) in [6, 6.07) is 7.49. The summed E-state index contributed by atoms with van der Waals surface area (Å²) in [5, 5.41) is 2.32. The fourth-order valence-corrected chi connectivity index (χ4v) is 2.62. The number of benzene rings is 1. The minimum Gasteiger partial charge on any atom is -0.380 e. The Morgan fingerprint density at radius 1 is 1.29 bits per heavy atom. The van der Waals surface area contributed by atoms with Gasteiger partial charge in [0, 0.05) is 7.11 Å². The Morgan fingerprint density at radius 3 is 2.59 bits per heavy atom. The Labute approximate surface area is 107 Å². The third-order valence-corrected chi connectivity index (χ3v) is 3.71. The topological polar surface area (TPSA) is 55.4 Å². The van der Waals surface area contributed by atoms with Crippen LogP contribution < -0.4 is 5.32 Å². The van der Waals surface area contributed by atoms with Gasteiger partial charge in [-0.1, -0.05) is 40.2 Å². The van der Waals surface area contributed by atoms with Crippen LogP contribution in [0.2, 0.25) is 0 Å². The fourth-order valence-electron chi connectivity index (χ4n) is 1.98. The van der Waals surface area contributed by atoms with E-state index in [4.69, 9.17) is 4.74 Å². The zero-order valence-corrected chi connectivity index (χ0v) is 10.9. The van der Waals surface area contributed by atoms with Crippen molar-refractivity contribution in [3.8, 4) is 0 Å². The predicted octanol–water partition coefficient (Wildman–Crippen LogP) is 1.34. The van der Waals surface area contributed by atoms with Crippen molar-refractivity contribution >= 4 is 27.7 Å². The van der Waals surface area contributed by atoms with Crippen LogP contribution >= 0.6 is 15.9 Å². The summed E-state index contributed by atoms with van der Waals surface area (Å²) >= 11 is 3.26. The highest BCUT2D eigenvalue weighted by atomic mass is 79.9. The molecule has 2 atom stereocenters. The van der Waals surface area contributed by atoms with Crippen molar-refractivity contribution in [2.75, 3.05) is 7.11 Å². The third-order valence-electron chi connectivity index (χ3n) is 2.76. The molecule has 0 aliphatic carbocycles. The summed E-state index contributed by atoms with van der Waals surface area (Å²) in [4.78, 5) is 22.7. The first-order valence-corrected chi connectivity index (χ1v) is 6.12. The van der Waals surface area contributed by atoms with Gasteiger partial charge < -0.3 is 4.74 Å². The van der Waals surface area contributed by atoms with Crippen molar-refractivity contribution in [2.45, 2.75) is 17.4 Å². The molecule has 1 aromatic rings. The number of halogens is 1. The van der Waals surface area contributed by atoms with Crippen molar-refractivity contribution in [3.05, 3.63) is 35.4 Å². The van der Waals surface area contributed by atoms with E-state index >= 15 is 0 Å². The Kier molecular flexibility index (Phi) is 3.59. The largest absolute Gasteiger partial charge is 0.380 e. The van der Waals surface area contributed by atoms with Crippen LogP contribution in [0.1, 0.15) is 17.0 Å². The van der Waals surface area contributed by atoms with E-state index in [0.717, 1.165) is 11.1 Å². The Bertz CT molecular complexity index is 461. The SMILES string of the molecule is COCc1ccccc1C1C(=O)NC(=O)C1Br. The zero-order valence-electron chi connectivity index (χ0n) is 9.27. The molecule has 2 unspecified atom stereocenters. The van der Waals surface area contributed by atoms with Gasteiger partial charge in [0.25, 0.3) is 0 Å². The second kappa shape index (κ2) is 4.98. The van der Waals surface area contributed by atoms with Gasteiger partial charge >= 0.3 is 0 Å². The molecule has 1 N–H and O–H groups in total. The lowest BCUT2D eigenvalue weighted by molar-refractivity contribution is -0.125. The molecule has 1 aromatic carbocycles. The summed E-state index contributed by atoms with van der Waals surface area (Å²) in [6.45, 7) is 0.424. The number of alkyl halides is 1. The zero-order chi connectivity index (χ0) is 12.4. The molecule has 2 amide bonds. The van der Waals surface area contributed by atoms with E-state index in [-0.39, 0.29) is 11.8 Å². The molecular weight excluding hydrogens is 286 g/mol. The summed E-state index contributed by atoms with van der Waals surface area (Å²) in [5.74, 6) is -1.03. The van der Waals surface area contributed by atoms with Crippen molar-refractivity contribution < 1.29 is 14.3 Å². The normalized spacial score (nSPS) is 23.9. The van der Waals surface area contributed by atoms with Crippen LogP contribution in [0.15, 0.2) is 24.3 Å². The first-order valence-electron chi connectivity index (χ1n) is 5.20. The van der Waals surface area contributed by atoms with Crippen molar-refractivity contribution in [1.29, 1.82) is 0 Å². The maximum Gasteiger partial charge on any atom is 0.241 e. The van der Waals surface area contributed by atoms with Crippen LogP contribution in [-0.4, -0.2) is 23.8 Å². The van der Waals surface area contributed by atoms with Crippen molar-refractivity contribution in [1.82, 2.24) is 5.32 Å². The minimum absolute atomic E-state index is 0.263. The molecule has 1 heterocycles. The van der Waals surface area contributed by atoms with Gasteiger partial charge in [0.2, 0.25) is 11.8 Å². The van der Waals surface area contributed by atoms with E-state index in [1.807, 2.05) is 24.3 Å². The molecule has 0 spiro atoms. The number of hydrogen-bond donors (Lipinski definition) is 1. The fraction of sp³-hybridized carbons (Fsp3) is 0.333. The molecule has 1 fully saturated rings. The molecule has 0 saturated carbocycles. The quantitative estimate of drug-likeness (QED) is 0.677. The molecule has 0 radical (unpaired) electrons. The van der Waals surface area contributed by atoms with Gasteiger partial charge in [-0.15, -0.1) is 0 Å². The van der Waals surface area contributed by atoms with Gasteiger partial charge in [0.05, 0.1) is 12.5 Å². The maximum atomic E-state index is 11.7. The first-order chi connectivity index (χ1) is 8.15. The summed E-state index contributed by atoms with van der Waals surface area (Å²) in [7, 11) is 1.60. The highest BCUT2D eigenvalue weighted by Crippen LogP contribution is 2.32. The number of rotatable bonds is 3. The number of amides is 2. The van der Waals surface area contributed by atoms with Gasteiger partial charge in [-0.25, -0.2) is 0 Å². The van der Waals surface area contributed by atoms with E-state index in [9.17, 15) is 9.59 Å². The molecular formula is C12H12BrNO3. The number of ether oxygens (including phenoxy) is 1. The standard InChI is InChI=1S/C12H12BrNO3/c1-17-6-7-4-2-3-5-8(7)9-10(13)12(16)14-11(9)15/h2-5,9-10H,6H2,1H3,(H,14,15,16). The van der Waals surface area contributed by atoms with Gasteiger partial charge in [-0.3, -0.25) is 14.9 Å². The van der Waals surface area contributed by atoms with Crippen molar-refractivity contribution in [2.24, 2.45) is 0 Å². The van der Waals surface area contributed by atoms with Crippen molar-refractivity contribution in [3.63, 3.8) is 0 Å². The van der Waals surface area contributed by atoms with Crippen LogP contribution in [-0.2, 0) is 20.9 Å². The Morgan fingerprint density at radius 2 is 2.00 bits per heavy atom.